The van der Waals surface area contributed by atoms with E-state index in [-0.39, 0.29) is 0 Å². The summed E-state index contributed by atoms with van der Waals surface area (Å²) < 4.78 is 1.88. The number of nitriles is 1. The number of nitrogens with zero attached hydrogens (tertiary/aromatic N) is 4. The second kappa shape index (κ2) is 6.28. The number of aromatic nitrogens is 3. The summed E-state index contributed by atoms with van der Waals surface area (Å²) in [5.41, 5.74) is 2.55. The second-order valence-electron chi connectivity index (χ2n) is 5.56. The Kier molecular flexibility index (Phi) is 4.21. The van der Waals surface area contributed by atoms with Crippen molar-refractivity contribution in [1.29, 1.82) is 5.26 Å². The lowest BCUT2D eigenvalue weighted by Crippen LogP contribution is -2.14. The molecule has 1 heterocycles. The summed E-state index contributed by atoms with van der Waals surface area (Å²) in [6, 6.07) is 9.93. The van der Waals surface area contributed by atoms with Crippen molar-refractivity contribution in [3.63, 3.8) is 0 Å². The Morgan fingerprint density at radius 2 is 2.10 bits per heavy atom. The van der Waals surface area contributed by atoms with E-state index in [0.717, 1.165) is 24.1 Å². The fourth-order valence-electron chi connectivity index (χ4n) is 3.11. The molecule has 5 heteroatoms. The standard InChI is InChI=1S/C16H17ClN4/c17-14-8-4-5-12(9-14)11-21-16(15(10-18)19-20-21)13-6-2-1-3-7-13/h4-5,8-9,13H,1-3,6-7,11H2. The molecule has 1 saturated carbocycles. The van der Waals surface area contributed by atoms with E-state index in [4.69, 9.17) is 11.6 Å². The Morgan fingerprint density at radius 3 is 2.81 bits per heavy atom. The highest BCUT2D eigenvalue weighted by Gasteiger charge is 2.24. The van der Waals surface area contributed by atoms with Crippen LogP contribution in [0.3, 0.4) is 0 Å². The monoisotopic (exact) mass is 300 g/mol. The highest BCUT2D eigenvalue weighted by Crippen LogP contribution is 2.33. The average molecular weight is 301 g/mol. The molecule has 1 aliphatic rings. The maximum Gasteiger partial charge on any atom is 0.186 e. The molecule has 0 bridgehead atoms. The van der Waals surface area contributed by atoms with Crippen molar-refractivity contribution in [2.75, 3.05) is 0 Å². The van der Waals surface area contributed by atoms with Crippen LogP contribution < -0.4 is 0 Å². The lowest BCUT2D eigenvalue weighted by molar-refractivity contribution is 0.419. The molecule has 0 unspecified atom stereocenters. The zero-order valence-corrected chi connectivity index (χ0v) is 12.6. The first-order valence-electron chi connectivity index (χ1n) is 7.36. The Balaban J connectivity index is 1.91. The maximum atomic E-state index is 9.29. The van der Waals surface area contributed by atoms with Gasteiger partial charge in [0.25, 0.3) is 0 Å². The zero-order chi connectivity index (χ0) is 14.7. The third-order valence-electron chi connectivity index (χ3n) is 4.09. The van der Waals surface area contributed by atoms with E-state index < -0.39 is 0 Å². The van der Waals surface area contributed by atoms with Gasteiger partial charge in [0.15, 0.2) is 5.69 Å². The minimum Gasteiger partial charge on any atom is -0.243 e. The molecule has 1 aromatic carbocycles. The molecule has 0 amide bonds. The molecule has 0 saturated heterocycles. The van der Waals surface area contributed by atoms with Crippen LogP contribution in [0.4, 0.5) is 0 Å². The smallest absolute Gasteiger partial charge is 0.186 e. The van der Waals surface area contributed by atoms with Crippen LogP contribution in [0, 0.1) is 11.3 Å². The highest BCUT2D eigenvalue weighted by atomic mass is 35.5. The van der Waals surface area contributed by atoms with Crippen LogP contribution in [-0.4, -0.2) is 15.0 Å². The first kappa shape index (κ1) is 14.1. The van der Waals surface area contributed by atoms with Crippen molar-refractivity contribution in [3.05, 3.63) is 46.2 Å². The molecule has 0 N–H and O–H groups in total. The second-order valence-corrected chi connectivity index (χ2v) is 5.99. The number of benzene rings is 1. The number of hydrogen-bond acceptors (Lipinski definition) is 3. The minimum absolute atomic E-state index is 0.405. The molecule has 1 fully saturated rings. The van der Waals surface area contributed by atoms with Crippen molar-refractivity contribution in [1.82, 2.24) is 15.0 Å². The largest absolute Gasteiger partial charge is 0.243 e. The van der Waals surface area contributed by atoms with Crippen LogP contribution in [0.25, 0.3) is 0 Å². The van der Waals surface area contributed by atoms with Crippen LogP contribution in [-0.2, 0) is 6.54 Å². The maximum absolute atomic E-state index is 9.29. The molecule has 1 aliphatic carbocycles. The molecule has 0 atom stereocenters. The van der Waals surface area contributed by atoms with Gasteiger partial charge in [-0.05, 0) is 30.5 Å². The normalized spacial score (nSPS) is 15.8. The van der Waals surface area contributed by atoms with E-state index in [2.05, 4.69) is 16.4 Å². The van der Waals surface area contributed by atoms with Gasteiger partial charge < -0.3 is 0 Å². The molecule has 4 nitrogen and oxygen atoms in total. The number of hydrogen-bond donors (Lipinski definition) is 0. The quantitative estimate of drug-likeness (QED) is 0.864. The Labute approximate surface area is 129 Å². The highest BCUT2D eigenvalue weighted by molar-refractivity contribution is 6.30. The summed E-state index contributed by atoms with van der Waals surface area (Å²) in [7, 11) is 0. The predicted molar refractivity (Wildman–Crippen MR) is 81.1 cm³/mol. The molecule has 0 radical (unpaired) electrons. The van der Waals surface area contributed by atoms with Gasteiger partial charge in [-0.3, -0.25) is 0 Å². The molecule has 108 valence electrons. The number of rotatable bonds is 3. The fraction of sp³-hybridized carbons (Fsp3) is 0.438. The lowest BCUT2D eigenvalue weighted by Gasteiger charge is -2.22. The molecule has 21 heavy (non-hydrogen) atoms. The Bertz CT molecular complexity index is 665. The van der Waals surface area contributed by atoms with E-state index >= 15 is 0 Å². The minimum atomic E-state index is 0.405. The molecular weight excluding hydrogens is 284 g/mol. The van der Waals surface area contributed by atoms with Gasteiger partial charge in [-0.1, -0.05) is 48.2 Å². The first-order chi connectivity index (χ1) is 10.3. The van der Waals surface area contributed by atoms with Crippen LogP contribution in [0.15, 0.2) is 24.3 Å². The summed E-state index contributed by atoms with van der Waals surface area (Å²) >= 11 is 6.03. The third-order valence-corrected chi connectivity index (χ3v) is 4.33. The van der Waals surface area contributed by atoms with E-state index in [1.807, 2.05) is 28.9 Å². The van der Waals surface area contributed by atoms with Gasteiger partial charge in [-0.2, -0.15) is 5.26 Å². The van der Waals surface area contributed by atoms with Crippen LogP contribution in [0.1, 0.15) is 55.0 Å². The van der Waals surface area contributed by atoms with Crippen molar-refractivity contribution in [2.45, 2.75) is 44.6 Å². The van der Waals surface area contributed by atoms with Crippen molar-refractivity contribution >= 4 is 11.6 Å². The van der Waals surface area contributed by atoms with Gasteiger partial charge in [0, 0.05) is 10.9 Å². The Morgan fingerprint density at radius 1 is 1.29 bits per heavy atom. The molecular formula is C16H17ClN4. The Hall–Kier alpha value is -1.86. The molecule has 3 rings (SSSR count). The van der Waals surface area contributed by atoms with Crippen LogP contribution in [0.5, 0.6) is 0 Å². The van der Waals surface area contributed by atoms with Gasteiger partial charge in [0.05, 0.1) is 12.2 Å². The summed E-state index contributed by atoms with van der Waals surface area (Å²) in [6.07, 6.45) is 5.97. The summed E-state index contributed by atoms with van der Waals surface area (Å²) in [5.74, 6) is 0.405. The van der Waals surface area contributed by atoms with E-state index in [9.17, 15) is 5.26 Å². The lowest BCUT2D eigenvalue weighted by atomic mass is 9.86. The summed E-state index contributed by atoms with van der Waals surface area (Å²) in [6.45, 7) is 0.612. The van der Waals surface area contributed by atoms with Crippen molar-refractivity contribution < 1.29 is 0 Å². The van der Waals surface area contributed by atoms with Gasteiger partial charge >= 0.3 is 0 Å². The molecule has 0 aliphatic heterocycles. The van der Waals surface area contributed by atoms with Crippen LogP contribution >= 0.6 is 11.6 Å². The third kappa shape index (κ3) is 3.08. The number of halogens is 1. The van der Waals surface area contributed by atoms with E-state index in [0.29, 0.717) is 23.2 Å². The molecule has 2 aromatic rings. The van der Waals surface area contributed by atoms with Gasteiger partial charge in [0.2, 0.25) is 0 Å². The molecule has 1 aromatic heterocycles. The fourth-order valence-corrected chi connectivity index (χ4v) is 3.32. The van der Waals surface area contributed by atoms with E-state index in [1.54, 1.807) is 0 Å². The zero-order valence-electron chi connectivity index (χ0n) is 11.8. The van der Waals surface area contributed by atoms with Gasteiger partial charge in [-0.25, -0.2) is 4.68 Å². The summed E-state index contributed by atoms with van der Waals surface area (Å²) in [4.78, 5) is 0. The summed E-state index contributed by atoms with van der Waals surface area (Å²) in [5, 5.41) is 18.2. The van der Waals surface area contributed by atoms with Gasteiger partial charge in [-0.15, -0.1) is 5.10 Å². The topological polar surface area (TPSA) is 54.5 Å². The average Bonchev–Trinajstić information content (AvgIpc) is 2.91. The SMILES string of the molecule is N#Cc1nnn(Cc2cccc(Cl)c2)c1C1CCCCC1. The van der Waals surface area contributed by atoms with Crippen molar-refractivity contribution in [2.24, 2.45) is 0 Å². The van der Waals surface area contributed by atoms with Crippen LogP contribution in [0.2, 0.25) is 5.02 Å². The van der Waals surface area contributed by atoms with E-state index in [1.165, 1.54) is 19.3 Å². The molecule has 0 spiro atoms. The van der Waals surface area contributed by atoms with Gasteiger partial charge in [0.1, 0.15) is 6.07 Å². The van der Waals surface area contributed by atoms with Crippen molar-refractivity contribution in [3.8, 4) is 6.07 Å². The predicted octanol–water partition coefficient (Wildman–Crippen LogP) is 3.90. The first-order valence-corrected chi connectivity index (χ1v) is 7.73.